The molecule has 1 aliphatic heterocycles. The lowest BCUT2D eigenvalue weighted by molar-refractivity contribution is 0.178. The minimum Gasteiger partial charge on any atom is -0.383 e. The lowest BCUT2D eigenvalue weighted by atomic mass is 10.3. The van der Waals surface area contributed by atoms with Gasteiger partial charge in [0.1, 0.15) is 18.0 Å². The molecular weight excluding hydrogens is 204 g/mol. The molecule has 1 fully saturated rings. The molecule has 0 aromatic carbocycles. The summed E-state index contributed by atoms with van der Waals surface area (Å²) < 4.78 is 0. The van der Waals surface area contributed by atoms with Crippen molar-refractivity contribution in [3.63, 3.8) is 0 Å². The van der Waals surface area contributed by atoms with Gasteiger partial charge in [-0.1, -0.05) is 0 Å². The van der Waals surface area contributed by atoms with E-state index in [1.54, 1.807) is 0 Å². The van der Waals surface area contributed by atoms with Crippen molar-refractivity contribution in [3.8, 4) is 0 Å². The number of nitrogen functional groups attached to an aromatic ring is 1. The number of rotatable bonds is 2. The molecule has 1 aromatic heterocycles. The Bertz CT molecular complexity index is 358. The number of hydrogen-bond donors (Lipinski definition) is 2. The maximum atomic E-state index is 5.73. The van der Waals surface area contributed by atoms with Crippen LogP contribution in [0.5, 0.6) is 0 Å². The van der Waals surface area contributed by atoms with E-state index in [-0.39, 0.29) is 0 Å². The highest BCUT2D eigenvalue weighted by Gasteiger charge is 2.15. The predicted molar refractivity (Wildman–Crippen MR) is 63.9 cm³/mol. The monoisotopic (exact) mass is 222 g/mol. The second-order valence-electron chi connectivity index (χ2n) is 4.13. The molecule has 1 saturated heterocycles. The van der Waals surface area contributed by atoms with Gasteiger partial charge in [-0.25, -0.2) is 15.0 Å². The summed E-state index contributed by atoms with van der Waals surface area (Å²) in [5.41, 5.74) is 9.92. The van der Waals surface area contributed by atoms with E-state index in [0.717, 1.165) is 37.6 Å². The van der Waals surface area contributed by atoms with Crippen LogP contribution in [-0.4, -0.2) is 53.1 Å². The lowest BCUT2D eigenvalue weighted by Crippen LogP contribution is -2.47. The van der Waals surface area contributed by atoms with Crippen LogP contribution >= 0.6 is 0 Å². The molecule has 0 radical (unpaired) electrons. The number of piperazine rings is 1. The van der Waals surface area contributed by atoms with Gasteiger partial charge in [0.25, 0.3) is 0 Å². The second-order valence-corrected chi connectivity index (χ2v) is 4.13. The smallest absolute Gasteiger partial charge is 0.148 e. The van der Waals surface area contributed by atoms with Gasteiger partial charge in [-0.05, 0) is 14.0 Å². The molecule has 0 bridgehead atoms. The van der Waals surface area contributed by atoms with Gasteiger partial charge in [-0.2, -0.15) is 0 Å². The van der Waals surface area contributed by atoms with Gasteiger partial charge in [0.2, 0.25) is 0 Å². The second kappa shape index (κ2) is 4.63. The van der Waals surface area contributed by atoms with Crippen molar-refractivity contribution in [3.05, 3.63) is 11.9 Å². The Kier molecular flexibility index (Phi) is 3.21. The Morgan fingerprint density at radius 3 is 2.62 bits per heavy atom. The molecule has 0 aliphatic carbocycles. The van der Waals surface area contributed by atoms with Gasteiger partial charge in [-0.3, -0.25) is 0 Å². The number of nitrogens with zero attached hydrogens (tertiary/aromatic N) is 4. The van der Waals surface area contributed by atoms with Crippen molar-refractivity contribution in [2.75, 3.05) is 44.4 Å². The van der Waals surface area contributed by atoms with Gasteiger partial charge >= 0.3 is 0 Å². The highest BCUT2D eigenvalue weighted by Crippen LogP contribution is 2.15. The molecule has 6 heteroatoms. The number of hydrazine groups is 1. The van der Waals surface area contributed by atoms with E-state index in [4.69, 9.17) is 5.73 Å². The summed E-state index contributed by atoms with van der Waals surface area (Å²) in [5.74, 6) is 1.34. The molecule has 1 aromatic rings. The number of nitrogens with one attached hydrogen (secondary N) is 1. The van der Waals surface area contributed by atoms with Crippen LogP contribution in [0.25, 0.3) is 0 Å². The van der Waals surface area contributed by atoms with Crippen LogP contribution in [0.4, 0.5) is 11.6 Å². The molecule has 0 atom stereocenters. The van der Waals surface area contributed by atoms with Gasteiger partial charge in [0.05, 0.1) is 0 Å². The molecule has 88 valence electrons. The molecule has 2 heterocycles. The average molecular weight is 222 g/mol. The third-order valence-electron chi connectivity index (χ3n) is 2.89. The number of anilines is 2. The van der Waals surface area contributed by atoms with Crippen molar-refractivity contribution in [2.24, 2.45) is 0 Å². The Balaban J connectivity index is 2.01. The van der Waals surface area contributed by atoms with Gasteiger partial charge < -0.3 is 16.1 Å². The first-order valence-corrected chi connectivity index (χ1v) is 5.44. The van der Waals surface area contributed by atoms with Crippen molar-refractivity contribution in [2.45, 2.75) is 6.92 Å². The van der Waals surface area contributed by atoms with Crippen molar-refractivity contribution < 1.29 is 0 Å². The number of aromatic nitrogens is 2. The van der Waals surface area contributed by atoms with E-state index in [1.165, 1.54) is 6.33 Å². The highest BCUT2D eigenvalue weighted by molar-refractivity contribution is 5.53. The number of nitrogens with two attached hydrogens (primary N) is 1. The largest absolute Gasteiger partial charge is 0.383 e. The molecule has 1 aliphatic rings. The fourth-order valence-electron chi connectivity index (χ4n) is 1.64. The molecule has 6 nitrogen and oxygen atoms in total. The standard InChI is InChI=1S/C10H18N6/c1-8-9(11)12-7-13-10(8)14-16-5-3-15(2)4-6-16/h7H,3-6H2,1-2H3,(H3,11,12,13,14). The van der Waals surface area contributed by atoms with Gasteiger partial charge in [0, 0.05) is 31.7 Å². The normalized spacial score (nSPS) is 18.6. The van der Waals surface area contributed by atoms with Crippen LogP contribution in [0.1, 0.15) is 5.56 Å². The van der Waals surface area contributed by atoms with Crippen LogP contribution in [-0.2, 0) is 0 Å². The van der Waals surface area contributed by atoms with Gasteiger partial charge in [-0.15, -0.1) is 0 Å². The third-order valence-corrected chi connectivity index (χ3v) is 2.89. The quantitative estimate of drug-likeness (QED) is 0.730. The number of likely N-dealkylation sites (N-methyl/N-ethyl adjacent to an activating group) is 1. The topological polar surface area (TPSA) is 70.3 Å². The average Bonchev–Trinajstić information content (AvgIpc) is 2.28. The maximum Gasteiger partial charge on any atom is 0.148 e. The van der Waals surface area contributed by atoms with E-state index < -0.39 is 0 Å². The molecular formula is C10H18N6. The Hall–Kier alpha value is -1.40. The Labute approximate surface area is 95.4 Å². The summed E-state index contributed by atoms with van der Waals surface area (Å²) in [7, 11) is 2.13. The van der Waals surface area contributed by atoms with Crippen molar-refractivity contribution in [1.82, 2.24) is 19.9 Å². The number of hydrogen-bond acceptors (Lipinski definition) is 6. The summed E-state index contributed by atoms with van der Waals surface area (Å²) >= 11 is 0. The van der Waals surface area contributed by atoms with Crippen LogP contribution < -0.4 is 11.2 Å². The van der Waals surface area contributed by atoms with Crippen LogP contribution in [0.15, 0.2) is 6.33 Å². The first-order valence-electron chi connectivity index (χ1n) is 5.44. The first kappa shape index (κ1) is 11.1. The molecule has 0 saturated carbocycles. The summed E-state index contributed by atoms with van der Waals surface area (Å²) in [5, 5.41) is 2.16. The van der Waals surface area contributed by atoms with E-state index in [2.05, 4.69) is 32.4 Å². The van der Waals surface area contributed by atoms with Gasteiger partial charge in [0.15, 0.2) is 0 Å². The predicted octanol–water partition coefficient (Wildman–Crippen LogP) is -0.0585. The molecule has 0 spiro atoms. The van der Waals surface area contributed by atoms with E-state index >= 15 is 0 Å². The van der Waals surface area contributed by atoms with Crippen LogP contribution in [0.3, 0.4) is 0 Å². The van der Waals surface area contributed by atoms with E-state index in [9.17, 15) is 0 Å². The fraction of sp³-hybridized carbons (Fsp3) is 0.600. The Morgan fingerprint density at radius 2 is 1.94 bits per heavy atom. The maximum absolute atomic E-state index is 5.73. The summed E-state index contributed by atoms with van der Waals surface area (Å²) in [4.78, 5) is 10.4. The van der Waals surface area contributed by atoms with Crippen molar-refractivity contribution in [1.29, 1.82) is 0 Å². The molecule has 0 unspecified atom stereocenters. The zero-order valence-electron chi connectivity index (χ0n) is 9.77. The highest BCUT2D eigenvalue weighted by atomic mass is 15.5. The minimum absolute atomic E-state index is 0.534. The van der Waals surface area contributed by atoms with Crippen molar-refractivity contribution >= 4 is 11.6 Å². The summed E-state index contributed by atoms with van der Waals surface area (Å²) in [6, 6.07) is 0. The molecule has 16 heavy (non-hydrogen) atoms. The molecule has 3 N–H and O–H groups in total. The summed E-state index contributed by atoms with van der Waals surface area (Å²) in [6.07, 6.45) is 1.49. The first-order chi connectivity index (χ1) is 7.66. The van der Waals surface area contributed by atoms with E-state index in [1.807, 2.05) is 6.92 Å². The van der Waals surface area contributed by atoms with Crippen LogP contribution in [0.2, 0.25) is 0 Å². The third kappa shape index (κ3) is 2.40. The summed E-state index contributed by atoms with van der Waals surface area (Å²) in [6.45, 7) is 6.02. The molecule has 2 rings (SSSR count). The minimum atomic E-state index is 0.534. The zero-order valence-corrected chi connectivity index (χ0v) is 9.77. The molecule has 0 amide bonds. The van der Waals surface area contributed by atoms with Crippen LogP contribution in [0, 0.1) is 6.92 Å². The fourth-order valence-corrected chi connectivity index (χ4v) is 1.64. The van der Waals surface area contributed by atoms with E-state index in [0.29, 0.717) is 5.82 Å². The SMILES string of the molecule is Cc1c(N)ncnc1NN1CCN(C)CC1. The lowest BCUT2D eigenvalue weighted by Gasteiger charge is -2.33. The Morgan fingerprint density at radius 1 is 1.25 bits per heavy atom. The zero-order chi connectivity index (χ0) is 11.5.